The zero-order valence-corrected chi connectivity index (χ0v) is 13.8. The van der Waals surface area contributed by atoms with Crippen molar-refractivity contribution in [2.24, 2.45) is 5.73 Å². The molecule has 4 nitrogen and oxygen atoms in total. The molecule has 1 saturated heterocycles. The molecule has 5 heteroatoms. The summed E-state index contributed by atoms with van der Waals surface area (Å²) >= 11 is 1.60. The van der Waals surface area contributed by atoms with E-state index in [1.54, 1.807) is 17.4 Å². The molecule has 1 aliphatic heterocycles. The van der Waals surface area contributed by atoms with Crippen LogP contribution >= 0.6 is 11.3 Å². The Morgan fingerprint density at radius 3 is 3.00 bits per heavy atom. The van der Waals surface area contributed by atoms with Gasteiger partial charge in [-0.15, -0.1) is 11.3 Å². The van der Waals surface area contributed by atoms with E-state index in [1.807, 2.05) is 35.7 Å². The molecule has 122 valence electrons. The normalized spacial score (nSPS) is 19.8. The molecular weight excluding hydrogens is 308 g/mol. The Balaban J connectivity index is 1.65. The minimum Gasteiger partial charge on any atom is -0.388 e. The van der Waals surface area contributed by atoms with Crippen LogP contribution in [0.4, 0.5) is 0 Å². The highest BCUT2D eigenvalue weighted by atomic mass is 32.1. The lowest BCUT2D eigenvalue weighted by molar-refractivity contribution is 0.1000. The number of aliphatic hydroxyl groups is 1. The maximum atomic E-state index is 11.3. The van der Waals surface area contributed by atoms with Crippen molar-refractivity contribution in [3.63, 3.8) is 0 Å². The molecule has 1 amide bonds. The largest absolute Gasteiger partial charge is 0.388 e. The van der Waals surface area contributed by atoms with Gasteiger partial charge in [-0.2, -0.15) is 0 Å². The molecule has 1 aliphatic rings. The monoisotopic (exact) mass is 330 g/mol. The Bertz CT molecular complexity index is 657. The van der Waals surface area contributed by atoms with E-state index in [9.17, 15) is 9.90 Å². The lowest BCUT2D eigenvalue weighted by Crippen LogP contribution is -2.30. The Morgan fingerprint density at radius 2 is 2.26 bits per heavy atom. The fourth-order valence-corrected chi connectivity index (χ4v) is 4.01. The summed E-state index contributed by atoms with van der Waals surface area (Å²) in [5.41, 5.74) is 7.00. The molecule has 1 aromatic carbocycles. The van der Waals surface area contributed by atoms with Gasteiger partial charge in [-0.05, 0) is 54.9 Å². The van der Waals surface area contributed by atoms with Crippen LogP contribution in [0, 0.1) is 0 Å². The predicted molar refractivity (Wildman–Crippen MR) is 92.3 cm³/mol. The standard InChI is InChI=1S/C18H22N2O2S/c19-18(22)14-5-1-4-13(10-14)12-20-8-2-6-15(20)11-16(21)17-7-3-9-23-17/h1,3-5,7,9-10,15-16,21H,2,6,8,11-12H2,(H2,19,22). The summed E-state index contributed by atoms with van der Waals surface area (Å²) in [6, 6.07) is 11.9. The van der Waals surface area contributed by atoms with Gasteiger partial charge in [0.05, 0.1) is 6.10 Å². The number of amides is 1. The zero-order valence-electron chi connectivity index (χ0n) is 13.0. The van der Waals surface area contributed by atoms with Gasteiger partial charge in [0.25, 0.3) is 0 Å². The lowest BCUT2D eigenvalue weighted by Gasteiger charge is -2.26. The van der Waals surface area contributed by atoms with Crippen LogP contribution in [-0.2, 0) is 6.54 Å². The number of benzene rings is 1. The van der Waals surface area contributed by atoms with Gasteiger partial charge >= 0.3 is 0 Å². The minimum atomic E-state index is -0.391. The van der Waals surface area contributed by atoms with E-state index in [0.29, 0.717) is 11.6 Å². The number of carbonyl (C=O) groups excluding carboxylic acids is 1. The lowest BCUT2D eigenvalue weighted by atomic mass is 10.0. The third-order valence-electron chi connectivity index (χ3n) is 4.46. The summed E-state index contributed by atoms with van der Waals surface area (Å²) in [6.07, 6.45) is 2.63. The molecule has 0 radical (unpaired) electrons. The van der Waals surface area contributed by atoms with Crippen molar-refractivity contribution in [1.82, 2.24) is 4.90 Å². The van der Waals surface area contributed by atoms with Crippen LogP contribution in [0.5, 0.6) is 0 Å². The van der Waals surface area contributed by atoms with E-state index in [1.165, 1.54) is 0 Å². The molecule has 0 saturated carbocycles. The molecule has 3 N–H and O–H groups in total. The maximum Gasteiger partial charge on any atom is 0.248 e. The number of nitrogens with zero attached hydrogens (tertiary/aromatic N) is 1. The smallest absolute Gasteiger partial charge is 0.248 e. The number of nitrogens with two attached hydrogens (primary N) is 1. The van der Waals surface area contributed by atoms with Gasteiger partial charge in [-0.25, -0.2) is 0 Å². The Labute approximate surface area is 140 Å². The van der Waals surface area contributed by atoms with Crippen LogP contribution in [0.3, 0.4) is 0 Å². The van der Waals surface area contributed by atoms with Crippen LogP contribution in [-0.4, -0.2) is 28.5 Å². The van der Waals surface area contributed by atoms with E-state index in [2.05, 4.69) is 4.90 Å². The van der Waals surface area contributed by atoms with Crippen molar-refractivity contribution in [3.05, 3.63) is 57.8 Å². The van der Waals surface area contributed by atoms with E-state index < -0.39 is 12.0 Å². The van der Waals surface area contributed by atoms with Gasteiger partial charge in [0.2, 0.25) is 5.91 Å². The summed E-state index contributed by atoms with van der Waals surface area (Å²) in [4.78, 5) is 14.7. The fraction of sp³-hybridized carbons (Fsp3) is 0.389. The highest BCUT2D eigenvalue weighted by molar-refractivity contribution is 7.10. The molecule has 3 rings (SSSR count). The van der Waals surface area contributed by atoms with E-state index in [-0.39, 0.29) is 0 Å². The maximum absolute atomic E-state index is 11.3. The van der Waals surface area contributed by atoms with Crippen LogP contribution in [0.15, 0.2) is 41.8 Å². The molecule has 0 spiro atoms. The van der Waals surface area contributed by atoms with Gasteiger partial charge in [0.1, 0.15) is 0 Å². The number of carbonyl (C=O) groups is 1. The summed E-state index contributed by atoms with van der Waals surface area (Å²) in [6.45, 7) is 1.82. The highest BCUT2D eigenvalue weighted by Crippen LogP contribution is 2.30. The summed E-state index contributed by atoms with van der Waals surface area (Å²) < 4.78 is 0. The Morgan fingerprint density at radius 1 is 1.39 bits per heavy atom. The Kier molecular flexibility index (Phi) is 5.10. The summed E-state index contributed by atoms with van der Waals surface area (Å²) in [7, 11) is 0. The second-order valence-electron chi connectivity index (χ2n) is 6.10. The number of hydrogen-bond acceptors (Lipinski definition) is 4. The minimum absolute atomic E-state index is 0.379. The highest BCUT2D eigenvalue weighted by Gasteiger charge is 2.27. The van der Waals surface area contributed by atoms with Gasteiger partial charge in [-0.3, -0.25) is 9.69 Å². The fourth-order valence-electron chi connectivity index (χ4n) is 3.28. The molecule has 2 heterocycles. The second-order valence-corrected chi connectivity index (χ2v) is 7.08. The molecule has 0 aliphatic carbocycles. The van der Waals surface area contributed by atoms with Crippen LogP contribution in [0.25, 0.3) is 0 Å². The van der Waals surface area contributed by atoms with Crippen molar-refractivity contribution in [2.75, 3.05) is 6.54 Å². The van der Waals surface area contributed by atoms with Crippen molar-refractivity contribution in [3.8, 4) is 0 Å². The van der Waals surface area contributed by atoms with Crippen molar-refractivity contribution in [1.29, 1.82) is 0 Å². The number of primary amides is 1. The molecule has 2 unspecified atom stereocenters. The first kappa shape index (κ1) is 16.2. The second kappa shape index (κ2) is 7.25. The van der Waals surface area contributed by atoms with Gasteiger partial charge < -0.3 is 10.8 Å². The first-order valence-corrected chi connectivity index (χ1v) is 8.85. The molecule has 2 atom stereocenters. The summed E-state index contributed by atoms with van der Waals surface area (Å²) in [5.74, 6) is -0.391. The van der Waals surface area contributed by atoms with Crippen molar-refractivity contribution in [2.45, 2.75) is 38.0 Å². The van der Waals surface area contributed by atoms with Crippen LogP contribution < -0.4 is 5.73 Å². The number of rotatable bonds is 6. The number of likely N-dealkylation sites (tertiary alicyclic amines) is 1. The average molecular weight is 330 g/mol. The number of aliphatic hydroxyl groups excluding tert-OH is 1. The summed E-state index contributed by atoms with van der Waals surface area (Å²) in [5, 5.41) is 12.4. The number of hydrogen-bond donors (Lipinski definition) is 2. The topological polar surface area (TPSA) is 66.6 Å². The quantitative estimate of drug-likeness (QED) is 0.856. The molecule has 0 bridgehead atoms. The molecule has 1 aromatic heterocycles. The predicted octanol–water partition coefficient (Wildman–Crippen LogP) is 2.94. The SMILES string of the molecule is NC(=O)c1cccc(CN2CCCC2CC(O)c2cccs2)c1. The van der Waals surface area contributed by atoms with Crippen LogP contribution in [0.2, 0.25) is 0 Å². The third kappa shape index (κ3) is 3.99. The number of thiophene rings is 1. The molecule has 1 fully saturated rings. The first-order valence-electron chi connectivity index (χ1n) is 7.98. The zero-order chi connectivity index (χ0) is 16.2. The van der Waals surface area contributed by atoms with Crippen molar-refractivity contribution >= 4 is 17.2 Å². The van der Waals surface area contributed by atoms with Gasteiger partial charge in [0.15, 0.2) is 0 Å². The van der Waals surface area contributed by atoms with Gasteiger partial charge in [-0.1, -0.05) is 18.2 Å². The molecular formula is C18H22N2O2S. The average Bonchev–Trinajstić information content (AvgIpc) is 3.20. The van der Waals surface area contributed by atoms with E-state index in [4.69, 9.17) is 5.73 Å². The third-order valence-corrected chi connectivity index (χ3v) is 5.44. The Hall–Kier alpha value is -1.69. The molecule has 2 aromatic rings. The van der Waals surface area contributed by atoms with Crippen molar-refractivity contribution < 1.29 is 9.90 Å². The molecule has 23 heavy (non-hydrogen) atoms. The van der Waals surface area contributed by atoms with Gasteiger partial charge in [0, 0.05) is 23.0 Å². The van der Waals surface area contributed by atoms with Crippen LogP contribution in [0.1, 0.15) is 46.2 Å². The first-order chi connectivity index (χ1) is 11.1. The van der Waals surface area contributed by atoms with E-state index in [0.717, 1.165) is 42.8 Å². The van der Waals surface area contributed by atoms with E-state index >= 15 is 0 Å².